The van der Waals surface area contributed by atoms with E-state index in [0.717, 1.165) is 15.5 Å². The van der Waals surface area contributed by atoms with Crippen molar-refractivity contribution < 1.29 is 4.57 Å². The Morgan fingerprint density at radius 1 is 0.808 bits per heavy atom. The summed E-state index contributed by atoms with van der Waals surface area (Å²) in [5.41, 5.74) is 6.52. The summed E-state index contributed by atoms with van der Waals surface area (Å²) in [6.45, 7) is 4.13. The van der Waals surface area contributed by atoms with Crippen LogP contribution in [0.15, 0.2) is 107 Å². The molecule has 2 nitrogen and oxygen atoms in total. The molecule has 0 bridgehead atoms. The Kier molecular flexibility index (Phi) is 7.31. The van der Waals surface area contributed by atoms with Gasteiger partial charge in [0.1, 0.15) is 0 Å². The van der Waals surface area contributed by atoms with Crippen molar-refractivity contribution in [2.45, 2.75) is 10.7 Å². The van der Waals surface area contributed by atoms with Gasteiger partial charge in [-0.05, 0) is 12.1 Å². The molecule has 3 rings (SSSR count). The molecular formula is C21H21ClNOPS. The fourth-order valence-corrected chi connectivity index (χ4v) is 6.57. The van der Waals surface area contributed by atoms with Crippen LogP contribution in [-0.4, -0.2) is 5.78 Å². The highest BCUT2D eigenvalue weighted by Gasteiger charge is 2.36. The number of thioether (sulfide) groups is 1. The molecule has 5 heteroatoms. The van der Waals surface area contributed by atoms with Crippen LogP contribution < -0.4 is 16.3 Å². The number of hydrogen-bond acceptors (Lipinski definition) is 3. The summed E-state index contributed by atoms with van der Waals surface area (Å²) >= 11 is 1.48. The van der Waals surface area contributed by atoms with E-state index in [4.69, 9.17) is 5.73 Å². The first-order chi connectivity index (χ1) is 12.1. The van der Waals surface area contributed by atoms with E-state index in [9.17, 15) is 4.57 Å². The molecule has 0 spiro atoms. The molecule has 0 aliphatic rings. The van der Waals surface area contributed by atoms with Gasteiger partial charge >= 0.3 is 0 Å². The number of halogens is 1. The second-order valence-corrected chi connectivity index (χ2v) is 9.76. The molecule has 26 heavy (non-hydrogen) atoms. The van der Waals surface area contributed by atoms with Crippen molar-refractivity contribution in [1.29, 1.82) is 0 Å². The van der Waals surface area contributed by atoms with E-state index < -0.39 is 12.9 Å². The number of hydrogen-bond donors (Lipinski definition) is 1. The molecule has 0 radical (unpaired) electrons. The van der Waals surface area contributed by atoms with Crippen LogP contribution in [0.25, 0.3) is 0 Å². The molecule has 0 aliphatic carbocycles. The minimum atomic E-state index is -3.05. The Morgan fingerprint density at radius 3 is 1.62 bits per heavy atom. The summed E-state index contributed by atoms with van der Waals surface area (Å²) in [4.78, 5) is 1.73. The summed E-state index contributed by atoms with van der Waals surface area (Å²) in [5.74, 6) is -0.664. The third-order valence-electron chi connectivity index (χ3n) is 3.99. The molecule has 134 valence electrons. The molecule has 2 N–H and O–H groups in total. The maximum Gasteiger partial charge on any atom is 0.163 e. The Morgan fingerprint density at radius 2 is 1.19 bits per heavy atom. The largest absolute Gasteiger partial charge is 0.317 e. The van der Waals surface area contributed by atoms with Gasteiger partial charge in [0.25, 0.3) is 0 Å². The van der Waals surface area contributed by atoms with E-state index in [1.807, 2.05) is 91.0 Å². The fourth-order valence-electron chi connectivity index (χ4n) is 2.67. The third-order valence-corrected chi connectivity index (χ3v) is 8.42. The molecule has 0 aromatic heterocycles. The summed E-state index contributed by atoms with van der Waals surface area (Å²) in [7, 11) is -3.05. The SMILES string of the molecule is C=C(Sc1ccccc1)C(N)P(=O)(c1ccccc1)c1ccccc1.Cl. The second-order valence-electron chi connectivity index (χ2n) is 5.66. The first kappa shape index (κ1) is 20.5. The lowest BCUT2D eigenvalue weighted by molar-refractivity contribution is 0.582. The number of rotatable bonds is 6. The van der Waals surface area contributed by atoms with Crippen molar-refractivity contribution >= 4 is 41.9 Å². The van der Waals surface area contributed by atoms with Crippen molar-refractivity contribution in [3.63, 3.8) is 0 Å². The highest BCUT2D eigenvalue weighted by atomic mass is 35.5. The van der Waals surface area contributed by atoms with Crippen LogP contribution >= 0.6 is 31.3 Å². The van der Waals surface area contributed by atoms with Gasteiger partial charge in [-0.3, -0.25) is 0 Å². The van der Waals surface area contributed by atoms with Gasteiger partial charge in [-0.1, -0.05) is 97.2 Å². The van der Waals surface area contributed by atoms with Crippen LogP contribution in [0.3, 0.4) is 0 Å². The Hall–Kier alpha value is -1.77. The zero-order valence-corrected chi connectivity index (χ0v) is 16.7. The van der Waals surface area contributed by atoms with Crippen molar-refractivity contribution in [1.82, 2.24) is 0 Å². The average Bonchev–Trinajstić information content (AvgIpc) is 2.69. The Balaban J connectivity index is 0.00000243. The molecule has 0 saturated carbocycles. The standard InChI is InChI=1S/C21H20NOPS.ClH/c1-17(25-20-15-9-4-10-16-20)21(22)24(23,18-11-5-2-6-12-18)19-13-7-3-8-14-19;/h2-16,21H,1,22H2;1H. The minimum absolute atomic E-state index is 0. The smallest absolute Gasteiger partial charge is 0.163 e. The van der Waals surface area contributed by atoms with Gasteiger partial charge < -0.3 is 10.3 Å². The summed E-state index contributed by atoms with van der Waals surface area (Å²) in [6.07, 6.45) is 0. The van der Waals surface area contributed by atoms with Crippen molar-refractivity contribution in [3.8, 4) is 0 Å². The van der Waals surface area contributed by atoms with Gasteiger partial charge in [0.15, 0.2) is 7.14 Å². The second kappa shape index (κ2) is 9.25. The molecule has 0 amide bonds. The predicted molar refractivity (Wildman–Crippen MR) is 116 cm³/mol. The maximum absolute atomic E-state index is 14.1. The van der Waals surface area contributed by atoms with E-state index in [-0.39, 0.29) is 12.4 Å². The molecule has 1 atom stereocenters. The molecular weight excluding hydrogens is 381 g/mol. The molecule has 0 aliphatic heterocycles. The molecule has 1 unspecified atom stereocenters. The van der Waals surface area contributed by atoms with Gasteiger partial charge in [-0.2, -0.15) is 0 Å². The van der Waals surface area contributed by atoms with Crippen molar-refractivity contribution in [2.75, 3.05) is 0 Å². The van der Waals surface area contributed by atoms with Crippen LogP contribution in [-0.2, 0) is 4.57 Å². The minimum Gasteiger partial charge on any atom is -0.317 e. The van der Waals surface area contributed by atoms with Crippen LogP contribution in [0.5, 0.6) is 0 Å². The Bertz CT molecular complexity index is 844. The van der Waals surface area contributed by atoms with Gasteiger partial charge in [0, 0.05) is 20.4 Å². The van der Waals surface area contributed by atoms with Crippen molar-refractivity contribution in [3.05, 3.63) is 102 Å². The molecule has 0 saturated heterocycles. The normalized spacial score (nSPS) is 12.0. The highest BCUT2D eigenvalue weighted by molar-refractivity contribution is 8.03. The van der Waals surface area contributed by atoms with Crippen LogP contribution in [0.4, 0.5) is 0 Å². The van der Waals surface area contributed by atoms with E-state index in [1.165, 1.54) is 11.8 Å². The summed E-state index contributed by atoms with van der Waals surface area (Å²) < 4.78 is 14.1. The van der Waals surface area contributed by atoms with Gasteiger partial charge in [-0.15, -0.1) is 12.4 Å². The average molecular weight is 402 g/mol. The zero-order chi connectivity index (χ0) is 17.7. The number of nitrogens with two attached hydrogens (primary N) is 1. The molecule has 0 heterocycles. The van der Waals surface area contributed by atoms with Crippen LogP contribution in [0, 0.1) is 0 Å². The molecule has 3 aromatic carbocycles. The maximum atomic E-state index is 14.1. The molecule has 3 aromatic rings. The lowest BCUT2D eigenvalue weighted by Gasteiger charge is -2.27. The highest BCUT2D eigenvalue weighted by Crippen LogP contribution is 2.51. The van der Waals surface area contributed by atoms with Crippen LogP contribution in [0.1, 0.15) is 0 Å². The fraction of sp³-hybridized carbons (Fsp3) is 0.0476. The topological polar surface area (TPSA) is 43.1 Å². The van der Waals surface area contributed by atoms with Gasteiger partial charge in [0.2, 0.25) is 0 Å². The van der Waals surface area contributed by atoms with E-state index >= 15 is 0 Å². The van der Waals surface area contributed by atoms with Gasteiger partial charge in [-0.25, -0.2) is 0 Å². The Labute approximate surface area is 165 Å². The first-order valence-electron chi connectivity index (χ1n) is 8.00. The zero-order valence-electron chi connectivity index (χ0n) is 14.2. The lowest BCUT2D eigenvalue weighted by Crippen LogP contribution is -2.32. The quantitative estimate of drug-likeness (QED) is 0.466. The summed E-state index contributed by atoms with van der Waals surface area (Å²) in [5, 5.41) is 1.51. The first-order valence-corrected chi connectivity index (χ1v) is 10.6. The summed E-state index contributed by atoms with van der Waals surface area (Å²) in [6, 6.07) is 28.8. The predicted octanol–water partition coefficient (Wildman–Crippen LogP) is 5.01. The van der Waals surface area contributed by atoms with Crippen molar-refractivity contribution in [2.24, 2.45) is 5.73 Å². The van der Waals surface area contributed by atoms with Crippen LogP contribution in [0.2, 0.25) is 0 Å². The third kappa shape index (κ3) is 4.31. The number of benzene rings is 3. The molecule has 0 fully saturated rings. The van der Waals surface area contributed by atoms with E-state index in [1.54, 1.807) is 0 Å². The monoisotopic (exact) mass is 401 g/mol. The van der Waals surface area contributed by atoms with Gasteiger partial charge in [0.05, 0.1) is 5.78 Å². The van der Waals surface area contributed by atoms with E-state index in [2.05, 4.69) is 6.58 Å². The van der Waals surface area contributed by atoms with E-state index in [0.29, 0.717) is 4.91 Å². The lowest BCUT2D eigenvalue weighted by atomic mass is 10.4.